The largest absolute Gasteiger partial charge is 0.328 e. The van der Waals surface area contributed by atoms with E-state index in [4.69, 9.17) is 4.52 Å². The second kappa shape index (κ2) is 6.18. The zero-order valence-electron chi connectivity index (χ0n) is 12.2. The van der Waals surface area contributed by atoms with Gasteiger partial charge in [0.2, 0.25) is 5.82 Å². The molecule has 0 bridgehead atoms. The van der Waals surface area contributed by atoms with Gasteiger partial charge in [-0.3, -0.25) is 14.6 Å². The van der Waals surface area contributed by atoms with Gasteiger partial charge in [0.15, 0.2) is 5.78 Å². The highest BCUT2D eigenvalue weighted by Gasteiger charge is 2.16. The zero-order valence-corrected chi connectivity index (χ0v) is 12.2. The summed E-state index contributed by atoms with van der Waals surface area (Å²) < 4.78 is 4.97. The minimum atomic E-state index is -0.543. The fraction of sp³-hybridized carbons (Fsp3) is 0.0625. The Morgan fingerprint density at radius 3 is 2.65 bits per heavy atom. The molecule has 7 nitrogen and oxygen atoms in total. The number of aromatic nitrogens is 3. The minimum absolute atomic E-state index is 0.0844. The summed E-state index contributed by atoms with van der Waals surface area (Å²) in [4.78, 5) is 31.4. The SMILES string of the molecule is CC(=O)c1cccc(NC(=O)c2nc(-c3ccncc3)no2)c1. The standard InChI is InChI=1S/C16H12N4O3/c1-10(21)12-3-2-4-13(9-12)18-15(22)16-19-14(20-23-16)11-5-7-17-8-6-11/h2-9H,1H3,(H,18,22). The smallest absolute Gasteiger partial charge is 0.316 e. The highest BCUT2D eigenvalue weighted by molar-refractivity contribution is 6.02. The predicted molar refractivity (Wildman–Crippen MR) is 81.9 cm³/mol. The summed E-state index contributed by atoms with van der Waals surface area (Å²) in [5, 5.41) is 6.38. The monoisotopic (exact) mass is 308 g/mol. The van der Waals surface area contributed by atoms with Crippen molar-refractivity contribution < 1.29 is 14.1 Å². The zero-order chi connectivity index (χ0) is 16.2. The number of anilines is 1. The number of Topliss-reactive ketones (excluding diaryl/α,β-unsaturated/α-hetero) is 1. The van der Waals surface area contributed by atoms with E-state index in [2.05, 4.69) is 20.4 Å². The van der Waals surface area contributed by atoms with E-state index in [1.807, 2.05) is 0 Å². The number of nitrogens with one attached hydrogen (secondary N) is 1. The number of benzene rings is 1. The third kappa shape index (κ3) is 3.29. The van der Waals surface area contributed by atoms with Crippen LogP contribution in [0.1, 0.15) is 28.0 Å². The second-order valence-corrected chi connectivity index (χ2v) is 4.75. The summed E-state index contributed by atoms with van der Waals surface area (Å²) in [6, 6.07) is 10.0. The molecule has 3 rings (SSSR count). The fourth-order valence-electron chi connectivity index (χ4n) is 1.93. The van der Waals surface area contributed by atoms with Gasteiger partial charge in [0.05, 0.1) is 0 Å². The molecule has 2 heterocycles. The van der Waals surface area contributed by atoms with Gasteiger partial charge in [-0.15, -0.1) is 0 Å². The van der Waals surface area contributed by atoms with Gasteiger partial charge >= 0.3 is 11.8 Å². The number of rotatable bonds is 4. The van der Waals surface area contributed by atoms with Gasteiger partial charge in [0, 0.05) is 29.2 Å². The van der Waals surface area contributed by atoms with Crippen molar-refractivity contribution in [2.24, 2.45) is 0 Å². The van der Waals surface area contributed by atoms with Gasteiger partial charge in [-0.2, -0.15) is 4.98 Å². The lowest BCUT2D eigenvalue weighted by atomic mass is 10.1. The van der Waals surface area contributed by atoms with Crippen molar-refractivity contribution in [2.75, 3.05) is 5.32 Å². The van der Waals surface area contributed by atoms with E-state index in [1.54, 1.807) is 48.8 Å². The van der Waals surface area contributed by atoms with Crippen LogP contribution in [0.3, 0.4) is 0 Å². The normalized spacial score (nSPS) is 10.3. The Kier molecular flexibility index (Phi) is 3.92. The van der Waals surface area contributed by atoms with Gasteiger partial charge in [-0.1, -0.05) is 17.3 Å². The maximum Gasteiger partial charge on any atom is 0.316 e. The molecule has 0 radical (unpaired) electrons. The molecular weight excluding hydrogens is 296 g/mol. The van der Waals surface area contributed by atoms with Crippen LogP contribution in [0.25, 0.3) is 11.4 Å². The Morgan fingerprint density at radius 1 is 1.13 bits per heavy atom. The van der Waals surface area contributed by atoms with Crippen molar-refractivity contribution in [1.82, 2.24) is 15.1 Å². The molecule has 0 aliphatic carbocycles. The summed E-state index contributed by atoms with van der Waals surface area (Å²) in [6.07, 6.45) is 3.19. The number of hydrogen-bond donors (Lipinski definition) is 1. The first-order valence-corrected chi connectivity index (χ1v) is 6.80. The molecule has 0 aliphatic heterocycles. The summed E-state index contributed by atoms with van der Waals surface area (Å²) in [6.45, 7) is 1.46. The molecule has 0 aliphatic rings. The molecular formula is C16H12N4O3. The molecule has 114 valence electrons. The number of hydrogen-bond acceptors (Lipinski definition) is 6. The van der Waals surface area contributed by atoms with Crippen LogP contribution >= 0.6 is 0 Å². The molecule has 3 aromatic rings. The van der Waals surface area contributed by atoms with Crippen LogP contribution in [0.15, 0.2) is 53.3 Å². The van der Waals surface area contributed by atoms with Crippen LogP contribution in [0.2, 0.25) is 0 Å². The first kappa shape index (κ1) is 14.6. The van der Waals surface area contributed by atoms with E-state index in [-0.39, 0.29) is 11.7 Å². The summed E-state index contributed by atoms with van der Waals surface area (Å²) in [5.41, 5.74) is 1.68. The van der Waals surface area contributed by atoms with E-state index in [0.29, 0.717) is 22.6 Å². The van der Waals surface area contributed by atoms with Crippen LogP contribution < -0.4 is 5.32 Å². The molecule has 7 heteroatoms. The second-order valence-electron chi connectivity index (χ2n) is 4.75. The Morgan fingerprint density at radius 2 is 1.91 bits per heavy atom. The van der Waals surface area contributed by atoms with Crippen molar-refractivity contribution in [3.05, 3.63) is 60.2 Å². The maximum absolute atomic E-state index is 12.1. The number of carbonyl (C=O) groups is 2. The lowest BCUT2D eigenvalue weighted by molar-refractivity contribution is 0.0978. The maximum atomic E-state index is 12.1. The van der Waals surface area contributed by atoms with Crippen LogP contribution in [0, 0.1) is 0 Å². The highest BCUT2D eigenvalue weighted by atomic mass is 16.5. The molecule has 0 saturated carbocycles. The van der Waals surface area contributed by atoms with E-state index in [1.165, 1.54) is 6.92 Å². The number of nitrogens with zero attached hydrogens (tertiary/aromatic N) is 3. The summed E-state index contributed by atoms with van der Waals surface area (Å²) in [7, 11) is 0. The minimum Gasteiger partial charge on any atom is -0.328 e. The lowest BCUT2D eigenvalue weighted by Gasteiger charge is -2.03. The Hall–Kier alpha value is -3.35. The van der Waals surface area contributed by atoms with E-state index in [0.717, 1.165) is 0 Å². The molecule has 0 saturated heterocycles. The van der Waals surface area contributed by atoms with Gasteiger partial charge in [0.25, 0.3) is 0 Å². The number of amides is 1. The topological polar surface area (TPSA) is 98.0 Å². The molecule has 1 amide bonds. The predicted octanol–water partition coefficient (Wildman–Crippen LogP) is 2.59. The van der Waals surface area contributed by atoms with Gasteiger partial charge < -0.3 is 9.84 Å². The molecule has 2 aromatic heterocycles. The summed E-state index contributed by atoms with van der Waals surface area (Å²) >= 11 is 0. The van der Waals surface area contributed by atoms with Crippen LogP contribution in [-0.4, -0.2) is 26.8 Å². The highest BCUT2D eigenvalue weighted by Crippen LogP contribution is 2.16. The Balaban J connectivity index is 1.78. The number of carbonyl (C=O) groups excluding carboxylic acids is 2. The molecule has 0 unspecified atom stereocenters. The fourth-order valence-corrected chi connectivity index (χ4v) is 1.93. The molecule has 0 atom stereocenters. The van der Waals surface area contributed by atoms with Gasteiger partial charge in [0.1, 0.15) is 0 Å². The quantitative estimate of drug-likeness (QED) is 0.744. The third-order valence-corrected chi connectivity index (χ3v) is 3.09. The first-order chi connectivity index (χ1) is 11.1. The molecule has 23 heavy (non-hydrogen) atoms. The molecule has 0 fully saturated rings. The van der Waals surface area contributed by atoms with E-state index >= 15 is 0 Å². The van der Waals surface area contributed by atoms with Crippen LogP contribution in [-0.2, 0) is 0 Å². The lowest BCUT2D eigenvalue weighted by Crippen LogP contribution is -2.12. The van der Waals surface area contributed by atoms with Crippen molar-refractivity contribution in [3.63, 3.8) is 0 Å². The first-order valence-electron chi connectivity index (χ1n) is 6.80. The van der Waals surface area contributed by atoms with Crippen LogP contribution in [0.4, 0.5) is 5.69 Å². The summed E-state index contributed by atoms with van der Waals surface area (Å²) in [5.74, 6) is -0.488. The number of pyridine rings is 1. The number of ketones is 1. The van der Waals surface area contributed by atoms with Crippen molar-refractivity contribution in [1.29, 1.82) is 0 Å². The Labute approximate surface area is 131 Å². The molecule has 1 aromatic carbocycles. The van der Waals surface area contributed by atoms with E-state index < -0.39 is 5.91 Å². The van der Waals surface area contributed by atoms with Gasteiger partial charge in [-0.25, -0.2) is 0 Å². The molecule has 1 N–H and O–H groups in total. The average molecular weight is 308 g/mol. The van der Waals surface area contributed by atoms with Crippen molar-refractivity contribution >= 4 is 17.4 Å². The van der Waals surface area contributed by atoms with E-state index in [9.17, 15) is 9.59 Å². The van der Waals surface area contributed by atoms with Gasteiger partial charge in [-0.05, 0) is 31.2 Å². The van der Waals surface area contributed by atoms with Crippen molar-refractivity contribution in [3.8, 4) is 11.4 Å². The van der Waals surface area contributed by atoms with Crippen LogP contribution in [0.5, 0.6) is 0 Å². The average Bonchev–Trinajstić information content (AvgIpc) is 3.06. The van der Waals surface area contributed by atoms with Crippen molar-refractivity contribution in [2.45, 2.75) is 6.92 Å². The Bertz CT molecular complexity index is 859. The third-order valence-electron chi connectivity index (χ3n) is 3.09. The molecule has 0 spiro atoms.